The number of ether oxygens (including phenoxy) is 1. The summed E-state index contributed by atoms with van der Waals surface area (Å²) in [6, 6.07) is 0. The number of fused-ring (bicyclic) bond motifs is 1. The molecule has 0 bridgehead atoms. The summed E-state index contributed by atoms with van der Waals surface area (Å²) < 4.78 is 5.34. The Labute approximate surface area is 72.6 Å². The lowest BCUT2D eigenvalue weighted by Gasteiger charge is -2.20. The predicted octanol–water partition coefficient (Wildman–Crippen LogP) is 1.56. The van der Waals surface area contributed by atoms with Crippen molar-refractivity contribution in [1.29, 1.82) is 0 Å². The van der Waals surface area contributed by atoms with E-state index in [2.05, 4.69) is 6.08 Å². The highest BCUT2D eigenvalue weighted by Crippen LogP contribution is 2.32. The van der Waals surface area contributed by atoms with E-state index >= 15 is 0 Å². The molecule has 2 atom stereocenters. The highest BCUT2D eigenvalue weighted by molar-refractivity contribution is 5.96. The van der Waals surface area contributed by atoms with Gasteiger partial charge in [0.15, 0.2) is 5.78 Å². The van der Waals surface area contributed by atoms with Crippen molar-refractivity contribution >= 4 is 5.78 Å². The Morgan fingerprint density at radius 3 is 3.17 bits per heavy atom. The maximum atomic E-state index is 11.4. The van der Waals surface area contributed by atoms with Crippen molar-refractivity contribution in [2.24, 2.45) is 11.8 Å². The lowest BCUT2D eigenvalue weighted by atomic mass is 9.82. The highest BCUT2D eigenvalue weighted by atomic mass is 16.5. The summed E-state index contributed by atoms with van der Waals surface area (Å²) in [5, 5.41) is 0. The van der Waals surface area contributed by atoms with E-state index in [1.54, 1.807) is 0 Å². The van der Waals surface area contributed by atoms with Gasteiger partial charge in [0, 0.05) is 12.3 Å². The molecule has 2 nitrogen and oxygen atoms in total. The minimum atomic E-state index is 0.337. The fraction of sp³-hybridized carbons (Fsp3) is 0.700. The van der Waals surface area contributed by atoms with Crippen molar-refractivity contribution in [2.75, 3.05) is 13.2 Å². The van der Waals surface area contributed by atoms with Crippen molar-refractivity contribution in [2.45, 2.75) is 19.8 Å². The molecule has 0 aromatic carbocycles. The Morgan fingerprint density at radius 1 is 1.58 bits per heavy atom. The van der Waals surface area contributed by atoms with Crippen LogP contribution in [0.5, 0.6) is 0 Å². The van der Waals surface area contributed by atoms with Gasteiger partial charge < -0.3 is 4.74 Å². The fourth-order valence-corrected chi connectivity index (χ4v) is 2.05. The predicted molar refractivity (Wildman–Crippen MR) is 45.8 cm³/mol. The second kappa shape index (κ2) is 3.02. The first-order chi connectivity index (χ1) is 5.81. The third kappa shape index (κ3) is 1.20. The second-order valence-corrected chi connectivity index (χ2v) is 3.63. The molecule has 0 spiro atoms. The molecule has 2 rings (SSSR count). The van der Waals surface area contributed by atoms with Crippen molar-refractivity contribution in [3.63, 3.8) is 0 Å². The molecule has 2 heteroatoms. The molecular weight excluding hydrogens is 152 g/mol. The Bertz CT molecular complexity index is 230. The van der Waals surface area contributed by atoms with Crippen LogP contribution in [0.1, 0.15) is 19.8 Å². The van der Waals surface area contributed by atoms with Gasteiger partial charge in [-0.3, -0.25) is 4.79 Å². The van der Waals surface area contributed by atoms with E-state index < -0.39 is 0 Å². The van der Waals surface area contributed by atoms with Gasteiger partial charge in [-0.15, -0.1) is 0 Å². The van der Waals surface area contributed by atoms with Crippen LogP contribution in [0, 0.1) is 11.8 Å². The molecule has 0 saturated carbocycles. The molecule has 0 radical (unpaired) electrons. The van der Waals surface area contributed by atoms with Gasteiger partial charge in [-0.25, -0.2) is 0 Å². The first kappa shape index (κ1) is 7.99. The lowest BCUT2D eigenvalue weighted by molar-refractivity contribution is -0.117. The third-order valence-corrected chi connectivity index (χ3v) is 2.85. The standard InChI is InChI=1S/C10H14O2/c1-2-7-3-8-5-12-6-9(8)4-10(7)11/h3,8-9H,2,4-6H2,1H3/t8-,9+/m0/s1. The molecule has 0 N–H and O–H groups in total. The number of hydrogen-bond acceptors (Lipinski definition) is 2. The maximum absolute atomic E-state index is 11.4. The van der Waals surface area contributed by atoms with Gasteiger partial charge in [-0.1, -0.05) is 13.0 Å². The fourth-order valence-electron chi connectivity index (χ4n) is 2.05. The number of allylic oxidation sites excluding steroid dienone is 1. The van der Waals surface area contributed by atoms with Crippen LogP contribution in [-0.4, -0.2) is 19.0 Å². The largest absolute Gasteiger partial charge is 0.381 e. The van der Waals surface area contributed by atoms with Gasteiger partial charge in [0.05, 0.1) is 13.2 Å². The number of carbonyl (C=O) groups excluding carboxylic acids is 1. The van der Waals surface area contributed by atoms with Crippen LogP contribution in [0.25, 0.3) is 0 Å². The van der Waals surface area contributed by atoms with E-state index in [1.807, 2.05) is 6.92 Å². The summed E-state index contributed by atoms with van der Waals surface area (Å²) >= 11 is 0. The van der Waals surface area contributed by atoms with E-state index in [0.717, 1.165) is 25.2 Å². The number of ketones is 1. The summed E-state index contributed by atoms with van der Waals surface area (Å²) in [5.41, 5.74) is 1.02. The molecule has 12 heavy (non-hydrogen) atoms. The van der Waals surface area contributed by atoms with Crippen molar-refractivity contribution in [3.05, 3.63) is 11.6 Å². The molecule has 0 aromatic heterocycles. The number of rotatable bonds is 1. The Hall–Kier alpha value is -0.630. The van der Waals surface area contributed by atoms with Crippen molar-refractivity contribution in [1.82, 2.24) is 0 Å². The van der Waals surface area contributed by atoms with Crippen LogP contribution in [0.2, 0.25) is 0 Å². The van der Waals surface area contributed by atoms with Crippen molar-refractivity contribution < 1.29 is 9.53 Å². The zero-order chi connectivity index (χ0) is 8.55. The molecule has 1 saturated heterocycles. The average molecular weight is 166 g/mol. The number of carbonyl (C=O) groups is 1. The molecule has 2 aliphatic rings. The topological polar surface area (TPSA) is 26.3 Å². The van der Waals surface area contributed by atoms with Gasteiger partial charge in [0.2, 0.25) is 0 Å². The van der Waals surface area contributed by atoms with Gasteiger partial charge in [-0.05, 0) is 17.9 Å². The Morgan fingerprint density at radius 2 is 2.42 bits per heavy atom. The van der Waals surface area contributed by atoms with Crippen LogP contribution in [0.15, 0.2) is 11.6 Å². The second-order valence-electron chi connectivity index (χ2n) is 3.63. The van der Waals surface area contributed by atoms with Crippen LogP contribution in [0.4, 0.5) is 0 Å². The van der Waals surface area contributed by atoms with E-state index in [9.17, 15) is 4.79 Å². The smallest absolute Gasteiger partial charge is 0.158 e. The Kier molecular flexibility index (Phi) is 2.01. The van der Waals surface area contributed by atoms with Crippen LogP contribution in [0.3, 0.4) is 0 Å². The van der Waals surface area contributed by atoms with E-state index in [4.69, 9.17) is 4.74 Å². The summed E-state index contributed by atoms with van der Waals surface area (Å²) in [6.45, 7) is 3.64. The quantitative estimate of drug-likeness (QED) is 0.591. The molecule has 0 amide bonds. The van der Waals surface area contributed by atoms with Crippen LogP contribution < -0.4 is 0 Å². The SMILES string of the molecule is CCC1=C[C@H]2COC[C@H]2CC1=O. The summed E-state index contributed by atoms with van der Waals surface area (Å²) in [7, 11) is 0. The zero-order valence-electron chi connectivity index (χ0n) is 7.38. The molecule has 0 aromatic rings. The highest BCUT2D eigenvalue weighted by Gasteiger charge is 2.33. The van der Waals surface area contributed by atoms with Crippen LogP contribution in [-0.2, 0) is 9.53 Å². The van der Waals surface area contributed by atoms with Crippen LogP contribution >= 0.6 is 0 Å². The number of hydrogen-bond donors (Lipinski definition) is 0. The van der Waals surface area contributed by atoms with Gasteiger partial charge in [-0.2, -0.15) is 0 Å². The summed E-state index contributed by atoms with van der Waals surface area (Å²) in [6.07, 6.45) is 3.72. The first-order valence-electron chi connectivity index (χ1n) is 4.63. The average Bonchev–Trinajstić information content (AvgIpc) is 2.49. The lowest BCUT2D eigenvalue weighted by Crippen LogP contribution is -2.22. The van der Waals surface area contributed by atoms with E-state index in [1.165, 1.54) is 0 Å². The summed E-state index contributed by atoms with van der Waals surface area (Å²) in [5.74, 6) is 1.34. The molecule has 1 aliphatic carbocycles. The third-order valence-electron chi connectivity index (χ3n) is 2.85. The minimum absolute atomic E-state index is 0.337. The van der Waals surface area contributed by atoms with Crippen molar-refractivity contribution in [3.8, 4) is 0 Å². The Balaban J connectivity index is 2.20. The monoisotopic (exact) mass is 166 g/mol. The van der Waals surface area contributed by atoms with E-state index in [0.29, 0.717) is 24.0 Å². The van der Waals surface area contributed by atoms with E-state index in [-0.39, 0.29) is 0 Å². The maximum Gasteiger partial charge on any atom is 0.158 e. The normalized spacial score (nSPS) is 34.8. The minimum Gasteiger partial charge on any atom is -0.381 e. The van der Waals surface area contributed by atoms with Gasteiger partial charge >= 0.3 is 0 Å². The number of Topliss-reactive ketones (excluding diaryl/α,β-unsaturated/α-hetero) is 1. The van der Waals surface area contributed by atoms with Gasteiger partial charge in [0.25, 0.3) is 0 Å². The molecule has 1 fully saturated rings. The zero-order valence-corrected chi connectivity index (χ0v) is 7.38. The molecule has 1 aliphatic heterocycles. The molecule has 0 unspecified atom stereocenters. The molecule has 66 valence electrons. The summed E-state index contributed by atoms with van der Waals surface area (Å²) in [4.78, 5) is 11.4. The molecular formula is C10H14O2. The van der Waals surface area contributed by atoms with Gasteiger partial charge in [0.1, 0.15) is 0 Å². The first-order valence-corrected chi connectivity index (χ1v) is 4.63. The molecule has 1 heterocycles.